The lowest BCUT2D eigenvalue weighted by Crippen LogP contribution is -2.38. The van der Waals surface area contributed by atoms with Gasteiger partial charge in [0, 0.05) is 25.7 Å². The highest BCUT2D eigenvalue weighted by molar-refractivity contribution is 4.85. The Kier molecular flexibility index (Phi) is 3.81. The molecule has 0 spiro atoms. The van der Waals surface area contributed by atoms with Gasteiger partial charge in [0.25, 0.3) is 0 Å². The lowest BCUT2D eigenvalue weighted by Gasteiger charge is -2.17. The fourth-order valence-electron chi connectivity index (χ4n) is 2.01. The van der Waals surface area contributed by atoms with Gasteiger partial charge in [0.05, 0.1) is 7.05 Å². The Morgan fingerprint density at radius 2 is 2.56 bits per heavy atom. The topological polar surface area (TPSA) is 90.9 Å². The Hall–Kier alpha value is -1.05. The van der Waals surface area contributed by atoms with Crippen molar-refractivity contribution >= 4 is 0 Å². The van der Waals surface area contributed by atoms with Crippen molar-refractivity contribution < 1.29 is 4.74 Å². The van der Waals surface area contributed by atoms with E-state index in [1.54, 1.807) is 7.05 Å². The van der Waals surface area contributed by atoms with Crippen LogP contribution in [0.5, 0.6) is 0 Å². The van der Waals surface area contributed by atoms with E-state index in [2.05, 4.69) is 20.8 Å². The van der Waals surface area contributed by atoms with Crippen LogP contribution < -0.4 is 11.3 Å². The van der Waals surface area contributed by atoms with Crippen LogP contribution in [0.1, 0.15) is 18.7 Å². The Morgan fingerprint density at radius 1 is 1.69 bits per heavy atom. The molecule has 0 amide bonds. The van der Waals surface area contributed by atoms with Crippen molar-refractivity contribution in [3.63, 3.8) is 0 Å². The zero-order chi connectivity index (χ0) is 11.4. The number of nitrogens with two attached hydrogens (primary N) is 1. The predicted molar refractivity (Wildman–Crippen MR) is 57.2 cm³/mol. The summed E-state index contributed by atoms with van der Waals surface area (Å²) in [5, 5.41) is 11.9. The van der Waals surface area contributed by atoms with Crippen LogP contribution in [-0.2, 0) is 18.2 Å². The standard InChI is InChI=1S/C9H18N6O/c1-15-13-9(12-14-15)5-8(11-10)4-7-2-3-16-6-7/h7-8,11H,2-6,10H2,1H3. The van der Waals surface area contributed by atoms with Crippen LogP contribution >= 0.6 is 0 Å². The number of hydrazine groups is 1. The first-order valence-electron chi connectivity index (χ1n) is 5.54. The third-order valence-electron chi connectivity index (χ3n) is 2.86. The predicted octanol–water partition coefficient (Wildman–Crippen LogP) is -0.989. The van der Waals surface area contributed by atoms with Gasteiger partial charge in [-0.05, 0) is 24.0 Å². The third-order valence-corrected chi connectivity index (χ3v) is 2.86. The van der Waals surface area contributed by atoms with Crippen LogP contribution in [-0.4, -0.2) is 39.5 Å². The van der Waals surface area contributed by atoms with Crippen LogP contribution in [0.2, 0.25) is 0 Å². The molecule has 1 aromatic heterocycles. The Bertz CT molecular complexity index is 322. The monoisotopic (exact) mass is 226 g/mol. The maximum atomic E-state index is 5.53. The number of ether oxygens (including phenoxy) is 1. The molecule has 0 bridgehead atoms. The molecule has 1 saturated heterocycles. The average Bonchev–Trinajstić information content (AvgIpc) is 2.89. The SMILES string of the molecule is Cn1nnc(CC(CC2CCOC2)NN)n1. The summed E-state index contributed by atoms with van der Waals surface area (Å²) in [5.41, 5.74) is 2.81. The summed E-state index contributed by atoms with van der Waals surface area (Å²) in [6.07, 6.45) is 2.82. The number of tetrazole rings is 1. The van der Waals surface area contributed by atoms with Crippen molar-refractivity contribution in [3.05, 3.63) is 5.82 Å². The molecule has 3 N–H and O–H groups in total. The molecule has 2 atom stereocenters. The van der Waals surface area contributed by atoms with E-state index in [-0.39, 0.29) is 6.04 Å². The minimum Gasteiger partial charge on any atom is -0.381 e. The molecule has 1 aliphatic rings. The highest BCUT2D eigenvalue weighted by Gasteiger charge is 2.21. The lowest BCUT2D eigenvalue weighted by atomic mass is 9.97. The van der Waals surface area contributed by atoms with Crippen LogP contribution in [0.4, 0.5) is 0 Å². The van der Waals surface area contributed by atoms with Crippen molar-refractivity contribution in [3.8, 4) is 0 Å². The molecule has 1 fully saturated rings. The van der Waals surface area contributed by atoms with Crippen molar-refractivity contribution in [2.75, 3.05) is 13.2 Å². The van der Waals surface area contributed by atoms with E-state index < -0.39 is 0 Å². The van der Waals surface area contributed by atoms with Crippen molar-refractivity contribution in [1.82, 2.24) is 25.6 Å². The zero-order valence-corrected chi connectivity index (χ0v) is 9.46. The van der Waals surface area contributed by atoms with Gasteiger partial charge in [-0.25, -0.2) is 0 Å². The minimum absolute atomic E-state index is 0.191. The van der Waals surface area contributed by atoms with Gasteiger partial charge >= 0.3 is 0 Å². The largest absolute Gasteiger partial charge is 0.381 e. The molecule has 0 radical (unpaired) electrons. The summed E-state index contributed by atoms with van der Waals surface area (Å²) in [5.74, 6) is 6.85. The van der Waals surface area contributed by atoms with E-state index in [9.17, 15) is 0 Å². The summed E-state index contributed by atoms with van der Waals surface area (Å²) in [7, 11) is 1.76. The fraction of sp³-hybridized carbons (Fsp3) is 0.889. The molecule has 1 aromatic rings. The summed E-state index contributed by atoms with van der Waals surface area (Å²) in [6.45, 7) is 1.71. The molecular weight excluding hydrogens is 208 g/mol. The van der Waals surface area contributed by atoms with E-state index in [1.165, 1.54) is 4.80 Å². The molecule has 2 rings (SSSR count). The molecule has 0 aliphatic carbocycles. The molecule has 90 valence electrons. The van der Waals surface area contributed by atoms with Gasteiger partial charge in [-0.2, -0.15) is 4.80 Å². The number of aromatic nitrogens is 4. The molecule has 2 unspecified atom stereocenters. The molecule has 2 heterocycles. The molecule has 7 nitrogen and oxygen atoms in total. The maximum Gasteiger partial charge on any atom is 0.176 e. The third kappa shape index (κ3) is 2.97. The van der Waals surface area contributed by atoms with Crippen LogP contribution in [0.3, 0.4) is 0 Å². The van der Waals surface area contributed by atoms with Gasteiger partial charge in [-0.3, -0.25) is 11.3 Å². The normalized spacial score (nSPS) is 22.5. The van der Waals surface area contributed by atoms with Crippen molar-refractivity contribution in [1.29, 1.82) is 0 Å². The molecular formula is C9H18N6O. The number of hydrogen-bond acceptors (Lipinski definition) is 6. The minimum atomic E-state index is 0.191. The van der Waals surface area contributed by atoms with E-state index >= 15 is 0 Å². The second-order valence-corrected chi connectivity index (χ2v) is 4.23. The van der Waals surface area contributed by atoms with Crippen LogP contribution in [0, 0.1) is 5.92 Å². The fourth-order valence-corrected chi connectivity index (χ4v) is 2.01. The molecule has 0 aromatic carbocycles. The van der Waals surface area contributed by atoms with Crippen LogP contribution in [0.25, 0.3) is 0 Å². The first-order chi connectivity index (χ1) is 7.78. The quantitative estimate of drug-likeness (QED) is 0.495. The highest BCUT2D eigenvalue weighted by atomic mass is 16.5. The average molecular weight is 226 g/mol. The Morgan fingerprint density at radius 3 is 3.12 bits per heavy atom. The molecule has 7 heteroatoms. The maximum absolute atomic E-state index is 5.53. The second-order valence-electron chi connectivity index (χ2n) is 4.23. The Labute approximate surface area is 94.3 Å². The van der Waals surface area contributed by atoms with Gasteiger partial charge in [0.2, 0.25) is 0 Å². The van der Waals surface area contributed by atoms with Gasteiger partial charge in [-0.1, -0.05) is 0 Å². The summed E-state index contributed by atoms with van der Waals surface area (Å²) >= 11 is 0. The number of hydrogen-bond donors (Lipinski definition) is 2. The zero-order valence-electron chi connectivity index (χ0n) is 9.46. The first-order valence-corrected chi connectivity index (χ1v) is 5.54. The first kappa shape index (κ1) is 11.4. The molecule has 16 heavy (non-hydrogen) atoms. The second kappa shape index (κ2) is 5.33. The van der Waals surface area contributed by atoms with Gasteiger partial charge in [-0.15, -0.1) is 10.2 Å². The van der Waals surface area contributed by atoms with Gasteiger partial charge in [0.15, 0.2) is 5.82 Å². The van der Waals surface area contributed by atoms with E-state index in [0.29, 0.717) is 12.3 Å². The number of nitrogens with one attached hydrogen (secondary N) is 1. The van der Waals surface area contributed by atoms with Crippen LogP contribution in [0.15, 0.2) is 0 Å². The number of aryl methyl sites for hydroxylation is 1. The molecule has 1 aliphatic heterocycles. The smallest absolute Gasteiger partial charge is 0.176 e. The van der Waals surface area contributed by atoms with Gasteiger partial charge in [0.1, 0.15) is 0 Å². The van der Waals surface area contributed by atoms with Crippen molar-refractivity contribution in [2.45, 2.75) is 25.3 Å². The number of rotatable bonds is 5. The summed E-state index contributed by atoms with van der Waals surface area (Å²) in [4.78, 5) is 1.46. The van der Waals surface area contributed by atoms with Gasteiger partial charge < -0.3 is 4.74 Å². The summed E-state index contributed by atoms with van der Waals surface area (Å²) < 4.78 is 5.34. The highest BCUT2D eigenvalue weighted by Crippen LogP contribution is 2.18. The summed E-state index contributed by atoms with van der Waals surface area (Å²) in [6, 6.07) is 0.191. The van der Waals surface area contributed by atoms with E-state index in [4.69, 9.17) is 10.6 Å². The van der Waals surface area contributed by atoms with E-state index in [0.717, 1.165) is 31.9 Å². The van der Waals surface area contributed by atoms with E-state index in [1.807, 2.05) is 0 Å². The Balaban J connectivity index is 1.84. The lowest BCUT2D eigenvalue weighted by molar-refractivity contribution is 0.181. The molecule has 0 saturated carbocycles. The number of nitrogens with zero attached hydrogens (tertiary/aromatic N) is 4. The van der Waals surface area contributed by atoms with Crippen molar-refractivity contribution in [2.24, 2.45) is 18.8 Å².